The molecule has 2 amide bonds. The summed E-state index contributed by atoms with van der Waals surface area (Å²) in [4.78, 5) is 33.5. The summed E-state index contributed by atoms with van der Waals surface area (Å²) in [6.45, 7) is 0.263. The van der Waals surface area contributed by atoms with E-state index in [1.54, 1.807) is 42.6 Å². The molecule has 9 heteroatoms. The van der Waals surface area contributed by atoms with Crippen molar-refractivity contribution < 1.29 is 22.8 Å². The Bertz CT molecular complexity index is 1320. The number of amides is 2. The Balaban J connectivity index is 1.44. The van der Waals surface area contributed by atoms with E-state index in [0.717, 1.165) is 12.1 Å². The van der Waals surface area contributed by atoms with E-state index < -0.39 is 17.6 Å². The number of hydrogen-bond donors (Lipinski definition) is 2. The number of halogens is 3. The highest BCUT2D eigenvalue weighted by Crippen LogP contribution is 2.32. The molecule has 0 aliphatic carbocycles. The lowest BCUT2D eigenvalue weighted by Crippen LogP contribution is -2.23. The van der Waals surface area contributed by atoms with Crippen LogP contribution in [0.1, 0.15) is 32.0 Å². The molecule has 0 aliphatic heterocycles. The molecule has 2 heterocycles. The van der Waals surface area contributed by atoms with E-state index in [9.17, 15) is 22.8 Å². The third-order valence-corrected chi connectivity index (χ3v) is 5.12. The predicted octanol–water partition coefficient (Wildman–Crippen LogP) is 5.34. The molecule has 0 saturated carbocycles. The third-order valence-electron chi connectivity index (χ3n) is 5.12. The zero-order valence-electron chi connectivity index (χ0n) is 18.2. The van der Waals surface area contributed by atoms with Gasteiger partial charge in [0.25, 0.3) is 11.8 Å². The van der Waals surface area contributed by atoms with Crippen LogP contribution >= 0.6 is 0 Å². The van der Waals surface area contributed by atoms with Crippen molar-refractivity contribution in [3.05, 3.63) is 114 Å². The molecule has 0 bridgehead atoms. The van der Waals surface area contributed by atoms with Gasteiger partial charge in [0.2, 0.25) is 0 Å². The van der Waals surface area contributed by atoms with Crippen LogP contribution in [0, 0.1) is 0 Å². The number of pyridine rings is 2. The molecule has 0 unspecified atom stereocenters. The molecule has 0 saturated heterocycles. The first-order chi connectivity index (χ1) is 16.8. The van der Waals surface area contributed by atoms with Crippen LogP contribution in [0.2, 0.25) is 0 Å². The van der Waals surface area contributed by atoms with Crippen molar-refractivity contribution in [3.63, 3.8) is 0 Å². The summed E-state index contributed by atoms with van der Waals surface area (Å²) in [6, 6.07) is 19.6. The average Bonchev–Trinajstić information content (AvgIpc) is 2.88. The van der Waals surface area contributed by atoms with Crippen molar-refractivity contribution in [2.45, 2.75) is 12.7 Å². The molecular weight excluding hydrogens is 457 g/mol. The van der Waals surface area contributed by atoms with Crippen molar-refractivity contribution in [3.8, 4) is 11.1 Å². The van der Waals surface area contributed by atoms with Crippen LogP contribution in [0.5, 0.6) is 0 Å². The molecule has 2 aromatic carbocycles. The van der Waals surface area contributed by atoms with Crippen LogP contribution in [0.25, 0.3) is 11.1 Å². The van der Waals surface area contributed by atoms with E-state index in [1.807, 2.05) is 6.07 Å². The lowest BCUT2D eigenvalue weighted by molar-refractivity contribution is -0.137. The van der Waals surface area contributed by atoms with E-state index in [-0.39, 0.29) is 23.8 Å². The molecule has 6 nitrogen and oxygen atoms in total. The van der Waals surface area contributed by atoms with Gasteiger partial charge in [0, 0.05) is 18.0 Å². The molecule has 176 valence electrons. The SMILES string of the molecule is O=C(NCc1ccccn1)c1ccc(NC(=O)c2ccccc2-c2ccc(C(F)(F)F)cc2)nc1. The van der Waals surface area contributed by atoms with Gasteiger partial charge in [-0.1, -0.05) is 36.4 Å². The molecule has 2 N–H and O–H groups in total. The number of nitrogens with one attached hydrogen (secondary N) is 2. The van der Waals surface area contributed by atoms with Gasteiger partial charge in [-0.15, -0.1) is 0 Å². The number of carbonyl (C=O) groups excluding carboxylic acids is 2. The van der Waals surface area contributed by atoms with E-state index in [0.29, 0.717) is 22.4 Å². The summed E-state index contributed by atoms with van der Waals surface area (Å²) in [6.07, 6.45) is -1.47. The quantitative estimate of drug-likeness (QED) is 0.393. The van der Waals surface area contributed by atoms with Crippen molar-refractivity contribution in [2.24, 2.45) is 0 Å². The van der Waals surface area contributed by atoms with Crippen molar-refractivity contribution in [2.75, 3.05) is 5.32 Å². The highest BCUT2D eigenvalue weighted by molar-refractivity contribution is 6.08. The Kier molecular flexibility index (Phi) is 6.86. The normalized spacial score (nSPS) is 11.1. The van der Waals surface area contributed by atoms with Crippen molar-refractivity contribution >= 4 is 17.6 Å². The summed E-state index contributed by atoms with van der Waals surface area (Å²) in [5.74, 6) is -0.604. The fraction of sp³-hybridized carbons (Fsp3) is 0.0769. The molecule has 0 aliphatic rings. The first kappa shape index (κ1) is 23.6. The number of hydrogen-bond acceptors (Lipinski definition) is 4. The second kappa shape index (κ2) is 10.2. The van der Waals surface area contributed by atoms with Crippen molar-refractivity contribution in [1.82, 2.24) is 15.3 Å². The van der Waals surface area contributed by atoms with E-state index >= 15 is 0 Å². The van der Waals surface area contributed by atoms with Crippen molar-refractivity contribution in [1.29, 1.82) is 0 Å². The average molecular weight is 476 g/mol. The van der Waals surface area contributed by atoms with Gasteiger partial charge in [-0.05, 0) is 53.6 Å². The van der Waals surface area contributed by atoms with Gasteiger partial charge in [0.1, 0.15) is 5.82 Å². The molecule has 0 atom stereocenters. The van der Waals surface area contributed by atoms with Crippen LogP contribution in [-0.2, 0) is 12.7 Å². The highest BCUT2D eigenvalue weighted by atomic mass is 19.4. The van der Waals surface area contributed by atoms with E-state index in [4.69, 9.17) is 0 Å². The third kappa shape index (κ3) is 5.89. The molecular formula is C26H19F3N4O2. The Morgan fingerprint density at radius 2 is 1.54 bits per heavy atom. The summed E-state index contributed by atoms with van der Waals surface area (Å²) in [5, 5.41) is 5.40. The van der Waals surface area contributed by atoms with Crippen LogP contribution in [0.4, 0.5) is 19.0 Å². The Labute approximate surface area is 198 Å². The second-order valence-electron chi connectivity index (χ2n) is 7.51. The van der Waals surface area contributed by atoms with Crippen LogP contribution < -0.4 is 10.6 Å². The minimum absolute atomic E-state index is 0.221. The standard InChI is InChI=1S/C26H19F3N4O2/c27-26(28,29)19-11-8-17(9-12-19)21-6-1-2-7-22(21)25(35)33-23-13-10-18(15-31-23)24(34)32-16-20-5-3-4-14-30-20/h1-15H,16H2,(H,32,34)(H,31,33,35). The molecule has 4 rings (SSSR count). The van der Waals surface area contributed by atoms with E-state index in [2.05, 4.69) is 20.6 Å². The van der Waals surface area contributed by atoms with Crippen LogP contribution in [0.15, 0.2) is 91.3 Å². The lowest BCUT2D eigenvalue weighted by atomic mass is 9.98. The maximum atomic E-state index is 12.9. The first-order valence-electron chi connectivity index (χ1n) is 10.5. The van der Waals surface area contributed by atoms with Crippen LogP contribution in [0.3, 0.4) is 0 Å². The Hall–Kier alpha value is -4.53. The summed E-state index contributed by atoms with van der Waals surface area (Å²) >= 11 is 0. The van der Waals surface area contributed by atoms with Gasteiger partial charge in [-0.3, -0.25) is 14.6 Å². The van der Waals surface area contributed by atoms with Gasteiger partial charge in [-0.25, -0.2) is 4.98 Å². The maximum absolute atomic E-state index is 12.9. The molecule has 4 aromatic rings. The number of benzene rings is 2. The lowest BCUT2D eigenvalue weighted by Gasteiger charge is -2.12. The number of nitrogens with zero attached hydrogens (tertiary/aromatic N) is 2. The topological polar surface area (TPSA) is 84.0 Å². The molecule has 0 fully saturated rings. The Morgan fingerprint density at radius 3 is 2.20 bits per heavy atom. The Morgan fingerprint density at radius 1 is 0.800 bits per heavy atom. The number of rotatable bonds is 6. The number of anilines is 1. The van der Waals surface area contributed by atoms with E-state index in [1.165, 1.54) is 30.5 Å². The minimum atomic E-state index is -4.44. The van der Waals surface area contributed by atoms with Gasteiger partial charge >= 0.3 is 6.18 Å². The van der Waals surface area contributed by atoms with Gasteiger partial charge in [0.05, 0.1) is 23.4 Å². The fourth-order valence-corrected chi connectivity index (χ4v) is 3.33. The number of carbonyl (C=O) groups is 2. The molecule has 2 aromatic heterocycles. The van der Waals surface area contributed by atoms with Crippen LogP contribution in [-0.4, -0.2) is 21.8 Å². The van der Waals surface area contributed by atoms with Gasteiger partial charge in [-0.2, -0.15) is 13.2 Å². The zero-order chi connectivity index (χ0) is 24.8. The molecule has 35 heavy (non-hydrogen) atoms. The number of alkyl halides is 3. The molecule has 0 spiro atoms. The summed E-state index contributed by atoms with van der Waals surface area (Å²) < 4.78 is 38.6. The predicted molar refractivity (Wildman–Crippen MR) is 124 cm³/mol. The smallest absolute Gasteiger partial charge is 0.346 e. The first-order valence-corrected chi connectivity index (χ1v) is 10.5. The minimum Gasteiger partial charge on any atom is -0.346 e. The second-order valence-corrected chi connectivity index (χ2v) is 7.51. The van der Waals surface area contributed by atoms with Gasteiger partial charge < -0.3 is 10.6 Å². The number of aromatic nitrogens is 2. The summed E-state index contributed by atoms with van der Waals surface area (Å²) in [5.41, 5.74) is 1.47. The fourth-order valence-electron chi connectivity index (χ4n) is 3.33. The molecule has 0 radical (unpaired) electrons. The van der Waals surface area contributed by atoms with Gasteiger partial charge in [0.15, 0.2) is 0 Å². The monoisotopic (exact) mass is 476 g/mol. The summed E-state index contributed by atoms with van der Waals surface area (Å²) in [7, 11) is 0. The largest absolute Gasteiger partial charge is 0.416 e. The highest BCUT2D eigenvalue weighted by Gasteiger charge is 2.30. The maximum Gasteiger partial charge on any atom is 0.416 e. The zero-order valence-corrected chi connectivity index (χ0v) is 18.2.